The summed E-state index contributed by atoms with van der Waals surface area (Å²) in [6.45, 7) is 9.61. The minimum atomic E-state index is 0.00267. The monoisotopic (exact) mass is 300 g/mol. The highest BCUT2D eigenvalue weighted by Gasteiger charge is 2.07. The molecule has 0 aromatic rings. The Bertz CT molecular complexity index is 209. The van der Waals surface area contributed by atoms with Gasteiger partial charge in [0.15, 0.2) is 6.29 Å². The van der Waals surface area contributed by atoms with Crippen LogP contribution in [0.15, 0.2) is 12.2 Å². The predicted molar refractivity (Wildman–Crippen MR) is 89.6 cm³/mol. The van der Waals surface area contributed by atoms with Gasteiger partial charge in [-0.15, -0.1) is 0 Å². The molecule has 0 N–H and O–H groups in total. The van der Waals surface area contributed by atoms with E-state index in [0.29, 0.717) is 0 Å². The van der Waals surface area contributed by atoms with Crippen LogP contribution in [0.5, 0.6) is 0 Å². The lowest BCUT2D eigenvalue weighted by molar-refractivity contribution is -0.146. The molecule has 0 aliphatic heterocycles. The highest BCUT2D eigenvalue weighted by atomic mass is 16.7. The molecule has 0 radical (unpaired) electrons. The molecule has 0 unspecified atom stereocenters. The summed E-state index contributed by atoms with van der Waals surface area (Å²) in [5.41, 5.74) is 0. The summed E-state index contributed by atoms with van der Waals surface area (Å²) < 4.78 is 16.8. The Kier molecular flexibility index (Phi) is 17.4. The van der Waals surface area contributed by atoms with Gasteiger partial charge >= 0.3 is 0 Å². The van der Waals surface area contributed by atoms with Gasteiger partial charge in [-0.05, 0) is 44.9 Å². The summed E-state index contributed by atoms with van der Waals surface area (Å²) in [6, 6.07) is 0. The molecule has 0 amide bonds. The first-order chi connectivity index (χ1) is 10.3. The van der Waals surface area contributed by atoms with Crippen molar-refractivity contribution in [2.75, 3.05) is 26.4 Å². The van der Waals surface area contributed by atoms with Crippen molar-refractivity contribution in [2.24, 2.45) is 0 Å². The number of allylic oxidation sites excluding steroid dienone is 1. The zero-order valence-electron chi connectivity index (χ0n) is 14.4. The van der Waals surface area contributed by atoms with E-state index in [1.54, 1.807) is 0 Å². The van der Waals surface area contributed by atoms with Crippen molar-refractivity contribution in [1.29, 1.82) is 0 Å². The first kappa shape index (κ1) is 20.6. The van der Waals surface area contributed by atoms with Crippen LogP contribution in [0, 0.1) is 0 Å². The topological polar surface area (TPSA) is 27.7 Å². The first-order valence-corrected chi connectivity index (χ1v) is 8.81. The summed E-state index contributed by atoms with van der Waals surface area (Å²) >= 11 is 0. The zero-order valence-corrected chi connectivity index (χ0v) is 14.4. The fraction of sp³-hybridized carbons (Fsp3) is 0.889. The minimum Gasteiger partial charge on any atom is -0.377 e. The maximum atomic E-state index is 5.72. The molecular formula is C18H36O3. The van der Waals surface area contributed by atoms with Gasteiger partial charge in [0, 0.05) is 19.8 Å². The molecule has 3 heteroatoms. The van der Waals surface area contributed by atoms with E-state index in [-0.39, 0.29) is 6.29 Å². The molecule has 0 aliphatic carbocycles. The van der Waals surface area contributed by atoms with Crippen LogP contribution in [0.1, 0.15) is 72.1 Å². The third-order valence-corrected chi connectivity index (χ3v) is 3.06. The molecule has 3 nitrogen and oxygen atoms in total. The first-order valence-electron chi connectivity index (χ1n) is 8.81. The lowest BCUT2D eigenvalue weighted by Crippen LogP contribution is -2.18. The molecule has 0 aromatic carbocycles. The normalized spacial score (nSPS) is 11.8. The lowest BCUT2D eigenvalue weighted by atomic mass is 10.1. The Balaban J connectivity index is 3.47. The molecule has 0 atom stereocenters. The van der Waals surface area contributed by atoms with E-state index in [2.05, 4.69) is 32.9 Å². The molecular weight excluding hydrogens is 264 g/mol. The van der Waals surface area contributed by atoms with Crippen molar-refractivity contribution < 1.29 is 14.2 Å². The Morgan fingerprint density at radius 1 is 0.762 bits per heavy atom. The number of ether oxygens (including phenoxy) is 3. The van der Waals surface area contributed by atoms with Crippen LogP contribution in [0.3, 0.4) is 0 Å². The van der Waals surface area contributed by atoms with Gasteiger partial charge in [-0.3, -0.25) is 0 Å². The van der Waals surface area contributed by atoms with E-state index in [1.807, 2.05) is 0 Å². The molecule has 126 valence electrons. The molecule has 0 aromatic heterocycles. The maximum absolute atomic E-state index is 5.72. The zero-order chi connectivity index (χ0) is 15.6. The van der Waals surface area contributed by atoms with E-state index in [9.17, 15) is 0 Å². The molecule has 0 heterocycles. The van der Waals surface area contributed by atoms with Crippen LogP contribution in [-0.4, -0.2) is 32.7 Å². The summed E-state index contributed by atoms with van der Waals surface area (Å²) in [6.07, 6.45) is 13.4. The van der Waals surface area contributed by atoms with Crippen molar-refractivity contribution >= 4 is 0 Å². The van der Waals surface area contributed by atoms with Gasteiger partial charge in [0.1, 0.15) is 0 Å². The highest BCUT2D eigenvalue weighted by Crippen LogP contribution is 2.11. The molecule has 21 heavy (non-hydrogen) atoms. The fourth-order valence-electron chi connectivity index (χ4n) is 1.94. The average molecular weight is 300 g/mol. The maximum Gasteiger partial charge on any atom is 0.157 e. The van der Waals surface area contributed by atoms with Crippen LogP contribution in [-0.2, 0) is 14.2 Å². The summed E-state index contributed by atoms with van der Waals surface area (Å²) in [7, 11) is 0. The number of hydrogen-bond donors (Lipinski definition) is 0. The van der Waals surface area contributed by atoms with Crippen LogP contribution in [0.25, 0.3) is 0 Å². The number of rotatable bonds is 16. The lowest BCUT2D eigenvalue weighted by Gasteiger charge is -2.17. The molecule has 0 aliphatic rings. The molecule has 0 fully saturated rings. The highest BCUT2D eigenvalue weighted by molar-refractivity contribution is 4.81. The van der Waals surface area contributed by atoms with Crippen LogP contribution < -0.4 is 0 Å². The second-order valence-corrected chi connectivity index (χ2v) is 5.36. The van der Waals surface area contributed by atoms with Gasteiger partial charge in [-0.2, -0.15) is 0 Å². The standard InChI is InChI=1S/C18H36O3/c1-4-14-19-17-12-10-8-7-9-11-13-18(20-15-5-2)21-16-6-3/h10,12,18H,4-9,11,13-17H2,1-3H3. The SMILES string of the molecule is CCCOCC=CCCCCCC(OCCC)OCCC. The van der Waals surface area contributed by atoms with E-state index >= 15 is 0 Å². The van der Waals surface area contributed by atoms with Gasteiger partial charge in [0.25, 0.3) is 0 Å². The Morgan fingerprint density at radius 3 is 2.05 bits per heavy atom. The van der Waals surface area contributed by atoms with Crippen molar-refractivity contribution in [3.8, 4) is 0 Å². The number of unbranched alkanes of at least 4 members (excludes halogenated alkanes) is 3. The quantitative estimate of drug-likeness (QED) is 0.225. The summed E-state index contributed by atoms with van der Waals surface area (Å²) in [4.78, 5) is 0. The average Bonchev–Trinajstić information content (AvgIpc) is 2.51. The van der Waals surface area contributed by atoms with Crippen LogP contribution in [0.4, 0.5) is 0 Å². The Morgan fingerprint density at radius 2 is 1.43 bits per heavy atom. The second kappa shape index (κ2) is 17.7. The smallest absolute Gasteiger partial charge is 0.157 e. The van der Waals surface area contributed by atoms with E-state index < -0.39 is 0 Å². The van der Waals surface area contributed by atoms with Gasteiger partial charge in [-0.25, -0.2) is 0 Å². The van der Waals surface area contributed by atoms with Crippen molar-refractivity contribution in [2.45, 2.75) is 78.4 Å². The predicted octanol–water partition coefficient (Wildman–Crippen LogP) is 5.10. The summed E-state index contributed by atoms with van der Waals surface area (Å²) in [5, 5.41) is 0. The third kappa shape index (κ3) is 15.8. The molecule has 0 rings (SSSR count). The van der Waals surface area contributed by atoms with Crippen molar-refractivity contribution in [3.63, 3.8) is 0 Å². The van der Waals surface area contributed by atoms with Crippen LogP contribution in [0.2, 0.25) is 0 Å². The van der Waals surface area contributed by atoms with Crippen molar-refractivity contribution in [3.05, 3.63) is 12.2 Å². The number of hydrogen-bond acceptors (Lipinski definition) is 3. The third-order valence-electron chi connectivity index (χ3n) is 3.06. The van der Waals surface area contributed by atoms with Gasteiger partial charge in [0.05, 0.1) is 6.61 Å². The molecule has 0 saturated heterocycles. The van der Waals surface area contributed by atoms with Crippen LogP contribution >= 0.6 is 0 Å². The van der Waals surface area contributed by atoms with E-state index in [4.69, 9.17) is 14.2 Å². The summed E-state index contributed by atoms with van der Waals surface area (Å²) in [5.74, 6) is 0. The van der Waals surface area contributed by atoms with Crippen molar-refractivity contribution in [1.82, 2.24) is 0 Å². The molecule has 0 bridgehead atoms. The van der Waals surface area contributed by atoms with Gasteiger partial charge in [-0.1, -0.05) is 39.3 Å². The Labute approximate surface area is 132 Å². The van der Waals surface area contributed by atoms with E-state index in [0.717, 1.165) is 58.5 Å². The molecule has 0 saturated carbocycles. The second-order valence-electron chi connectivity index (χ2n) is 5.36. The van der Waals surface area contributed by atoms with E-state index in [1.165, 1.54) is 19.3 Å². The largest absolute Gasteiger partial charge is 0.377 e. The van der Waals surface area contributed by atoms with Gasteiger partial charge in [0.2, 0.25) is 0 Å². The minimum absolute atomic E-state index is 0.00267. The molecule has 0 spiro atoms. The van der Waals surface area contributed by atoms with Gasteiger partial charge < -0.3 is 14.2 Å². The Hall–Kier alpha value is -0.380. The fourth-order valence-corrected chi connectivity index (χ4v) is 1.94.